The van der Waals surface area contributed by atoms with Crippen molar-refractivity contribution in [2.45, 2.75) is 43.2 Å². The lowest BCUT2D eigenvalue weighted by atomic mass is 9.44. The summed E-state index contributed by atoms with van der Waals surface area (Å²) in [7, 11) is 0. The van der Waals surface area contributed by atoms with Crippen molar-refractivity contribution in [3.8, 4) is 5.75 Å². The first kappa shape index (κ1) is 21.4. The molecule has 3 aliphatic carbocycles. The van der Waals surface area contributed by atoms with Crippen LogP contribution >= 0.6 is 11.6 Å². The average molecular weight is 454 g/mol. The standard InChI is InChI=1S/C21H19ClF3N3O3/c1-19(24,25)12-2-5-16(26-7-12)18(30)28-21-9-20(10-21,11-21)27-17(29)8-31-13-3-4-14(22)15(23)6-13/h2-7H,8-11H2,1H3,(H,27,29)(H,28,30). The summed E-state index contributed by atoms with van der Waals surface area (Å²) in [6, 6.07) is 6.35. The quantitative estimate of drug-likeness (QED) is 0.671. The van der Waals surface area contributed by atoms with E-state index in [2.05, 4.69) is 15.6 Å². The Hall–Kier alpha value is -2.81. The largest absolute Gasteiger partial charge is 0.484 e. The maximum Gasteiger partial charge on any atom is 0.272 e. The van der Waals surface area contributed by atoms with E-state index >= 15 is 0 Å². The van der Waals surface area contributed by atoms with Crippen LogP contribution in [0, 0.1) is 5.82 Å². The SMILES string of the molecule is CC(F)(F)c1ccc(C(=O)NC23CC(NC(=O)COc4ccc(Cl)c(F)c4)(C2)C3)nc1. The molecule has 0 atom stereocenters. The molecule has 10 heteroatoms. The molecule has 164 valence electrons. The fourth-order valence-electron chi connectivity index (χ4n) is 4.19. The summed E-state index contributed by atoms with van der Waals surface area (Å²) >= 11 is 5.60. The minimum Gasteiger partial charge on any atom is -0.484 e. The third kappa shape index (κ3) is 4.32. The predicted octanol–water partition coefficient (Wildman–Crippen LogP) is 3.59. The van der Waals surface area contributed by atoms with E-state index in [0.29, 0.717) is 19.3 Å². The Morgan fingerprint density at radius 1 is 1.16 bits per heavy atom. The maximum absolute atomic E-state index is 13.4. The number of amides is 2. The molecule has 0 unspecified atom stereocenters. The Morgan fingerprint density at radius 3 is 2.42 bits per heavy atom. The minimum absolute atomic E-state index is 0.0348. The van der Waals surface area contributed by atoms with Crippen LogP contribution < -0.4 is 15.4 Å². The van der Waals surface area contributed by atoms with Gasteiger partial charge in [0.1, 0.15) is 17.3 Å². The van der Waals surface area contributed by atoms with Crippen molar-refractivity contribution in [3.05, 3.63) is 58.6 Å². The van der Waals surface area contributed by atoms with Gasteiger partial charge in [-0.1, -0.05) is 11.6 Å². The van der Waals surface area contributed by atoms with Crippen LogP contribution in [0.3, 0.4) is 0 Å². The first-order valence-electron chi connectivity index (χ1n) is 9.55. The number of nitrogens with zero attached hydrogens (tertiary/aromatic N) is 1. The second kappa shape index (κ2) is 7.40. The van der Waals surface area contributed by atoms with Gasteiger partial charge in [0.15, 0.2) is 6.61 Å². The number of hydrogen-bond acceptors (Lipinski definition) is 4. The molecule has 0 saturated heterocycles. The number of pyridine rings is 1. The number of carbonyl (C=O) groups is 2. The highest BCUT2D eigenvalue weighted by molar-refractivity contribution is 6.30. The molecular formula is C21H19ClF3N3O3. The van der Waals surface area contributed by atoms with Crippen LogP contribution in [0.25, 0.3) is 0 Å². The van der Waals surface area contributed by atoms with Gasteiger partial charge in [-0.3, -0.25) is 14.6 Å². The van der Waals surface area contributed by atoms with Gasteiger partial charge in [-0.15, -0.1) is 0 Å². The number of aromatic nitrogens is 1. The van der Waals surface area contributed by atoms with Crippen LogP contribution in [0.2, 0.25) is 5.02 Å². The summed E-state index contributed by atoms with van der Waals surface area (Å²) in [5, 5.41) is 5.72. The molecule has 1 heterocycles. The molecular weight excluding hydrogens is 435 g/mol. The lowest BCUT2D eigenvalue weighted by molar-refractivity contribution is -0.141. The molecule has 1 aromatic heterocycles. The number of benzene rings is 1. The molecule has 2 bridgehead atoms. The number of hydrogen-bond donors (Lipinski definition) is 2. The van der Waals surface area contributed by atoms with Crippen molar-refractivity contribution in [2.24, 2.45) is 0 Å². The summed E-state index contributed by atoms with van der Waals surface area (Å²) in [4.78, 5) is 28.3. The molecule has 2 aromatic rings. The van der Waals surface area contributed by atoms with Gasteiger partial charge in [0.2, 0.25) is 0 Å². The first-order valence-corrected chi connectivity index (χ1v) is 9.93. The van der Waals surface area contributed by atoms with Gasteiger partial charge in [0, 0.05) is 35.8 Å². The highest BCUT2D eigenvalue weighted by Crippen LogP contribution is 2.60. The average Bonchev–Trinajstić information content (AvgIpc) is 2.65. The topological polar surface area (TPSA) is 80.3 Å². The summed E-state index contributed by atoms with van der Waals surface area (Å²) in [6.45, 7) is 0.485. The van der Waals surface area contributed by atoms with Crippen LogP contribution in [0.1, 0.15) is 42.2 Å². The second-order valence-electron chi connectivity index (χ2n) is 8.28. The first-order chi connectivity index (χ1) is 14.5. The number of halogens is 4. The van der Waals surface area contributed by atoms with Gasteiger partial charge in [-0.05, 0) is 43.5 Å². The van der Waals surface area contributed by atoms with Crippen LogP contribution in [0.15, 0.2) is 36.5 Å². The zero-order valence-electron chi connectivity index (χ0n) is 16.5. The van der Waals surface area contributed by atoms with Gasteiger partial charge in [-0.25, -0.2) is 13.2 Å². The normalized spacial score (nSPS) is 23.9. The van der Waals surface area contributed by atoms with E-state index in [1.807, 2.05) is 0 Å². The van der Waals surface area contributed by atoms with E-state index < -0.39 is 28.7 Å². The number of ether oxygens (including phenoxy) is 1. The second-order valence-corrected chi connectivity index (χ2v) is 8.69. The molecule has 1 aromatic carbocycles. The van der Waals surface area contributed by atoms with E-state index in [4.69, 9.17) is 16.3 Å². The van der Waals surface area contributed by atoms with E-state index in [9.17, 15) is 22.8 Å². The van der Waals surface area contributed by atoms with E-state index in [1.165, 1.54) is 24.3 Å². The summed E-state index contributed by atoms with van der Waals surface area (Å²) < 4.78 is 45.2. The molecule has 3 aliphatic rings. The number of nitrogens with one attached hydrogen (secondary N) is 2. The molecule has 6 nitrogen and oxygen atoms in total. The summed E-state index contributed by atoms with van der Waals surface area (Å²) in [5.74, 6) is -4.26. The van der Waals surface area contributed by atoms with E-state index in [-0.39, 0.29) is 34.5 Å². The maximum atomic E-state index is 13.4. The highest BCUT2D eigenvalue weighted by Gasteiger charge is 2.69. The zero-order chi connectivity index (χ0) is 22.4. The van der Waals surface area contributed by atoms with Crippen molar-refractivity contribution in [1.29, 1.82) is 0 Å². The van der Waals surface area contributed by atoms with Gasteiger partial charge >= 0.3 is 0 Å². The van der Waals surface area contributed by atoms with Crippen LogP contribution in [-0.4, -0.2) is 34.5 Å². The molecule has 2 amide bonds. The molecule has 3 fully saturated rings. The van der Waals surface area contributed by atoms with Crippen LogP contribution in [0.5, 0.6) is 5.75 Å². The molecule has 5 rings (SSSR count). The van der Waals surface area contributed by atoms with Crippen molar-refractivity contribution in [3.63, 3.8) is 0 Å². The zero-order valence-corrected chi connectivity index (χ0v) is 17.2. The number of alkyl halides is 2. The Kier molecular flexibility index (Phi) is 5.12. The van der Waals surface area contributed by atoms with Crippen LogP contribution in [0.4, 0.5) is 13.2 Å². The summed E-state index contributed by atoms with van der Waals surface area (Å²) in [6.07, 6.45) is 2.65. The molecule has 0 spiro atoms. The Labute approximate surface area is 181 Å². The number of carbonyl (C=O) groups excluding carboxylic acids is 2. The lowest BCUT2D eigenvalue weighted by Crippen LogP contribution is -2.84. The van der Waals surface area contributed by atoms with Crippen LogP contribution in [-0.2, 0) is 10.7 Å². The van der Waals surface area contributed by atoms with Gasteiger partial charge in [-0.2, -0.15) is 0 Å². The molecule has 2 N–H and O–H groups in total. The smallest absolute Gasteiger partial charge is 0.272 e. The number of rotatable bonds is 7. The Balaban J connectivity index is 1.24. The fourth-order valence-corrected chi connectivity index (χ4v) is 4.31. The van der Waals surface area contributed by atoms with E-state index in [1.54, 1.807) is 0 Å². The monoisotopic (exact) mass is 453 g/mol. The third-order valence-electron chi connectivity index (χ3n) is 5.58. The molecule has 31 heavy (non-hydrogen) atoms. The predicted molar refractivity (Wildman–Crippen MR) is 106 cm³/mol. The molecule has 3 saturated carbocycles. The fraction of sp³-hybridized carbons (Fsp3) is 0.381. The van der Waals surface area contributed by atoms with Gasteiger partial charge in [0.05, 0.1) is 5.02 Å². The molecule has 0 radical (unpaired) electrons. The molecule has 0 aliphatic heterocycles. The van der Waals surface area contributed by atoms with Crippen molar-refractivity contribution < 1.29 is 27.5 Å². The van der Waals surface area contributed by atoms with Crippen molar-refractivity contribution in [1.82, 2.24) is 15.6 Å². The third-order valence-corrected chi connectivity index (χ3v) is 5.88. The van der Waals surface area contributed by atoms with Gasteiger partial charge in [0.25, 0.3) is 17.7 Å². The Morgan fingerprint density at radius 2 is 1.84 bits per heavy atom. The minimum atomic E-state index is -3.02. The highest BCUT2D eigenvalue weighted by atomic mass is 35.5. The van der Waals surface area contributed by atoms with E-state index in [0.717, 1.165) is 19.2 Å². The van der Waals surface area contributed by atoms with Gasteiger partial charge < -0.3 is 15.4 Å². The Bertz CT molecular complexity index is 1020. The van der Waals surface area contributed by atoms with Crippen molar-refractivity contribution >= 4 is 23.4 Å². The summed E-state index contributed by atoms with van der Waals surface area (Å²) in [5.41, 5.74) is -1.04. The lowest BCUT2D eigenvalue weighted by Gasteiger charge is -2.70. The van der Waals surface area contributed by atoms with Crippen molar-refractivity contribution in [2.75, 3.05) is 6.61 Å².